The monoisotopic (exact) mass is 420 g/mol. The molecule has 4 rings (SSSR count). The number of aliphatic imine (C=N–C) groups is 2. The van der Waals surface area contributed by atoms with Gasteiger partial charge in [0.05, 0.1) is 25.6 Å². The molecule has 1 aliphatic heterocycles. The maximum atomic E-state index is 10.3. The maximum absolute atomic E-state index is 10.3. The molecule has 158 valence electrons. The number of rotatable bonds is 6. The highest BCUT2D eigenvalue weighted by atomic mass is 16.7. The molecule has 0 saturated heterocycles. The van der Waals surface area contributed by atoms with Crippen LogP contribution in [0.4, 0.5) is 11.4 Å². The smallest absolute Gasteiger partial charge is 0.231 e. The number of hydrogen-bond donors (Lipinski definition) is 2. The van der Waals surface area contributed by atoms with Crippen molar-refractivity contribution >= 4 is 23.8 Å². The summed E-state index contributed by atoms with van der Waals surface area (Å²) in [4.78, 5) is 8.96. The molecule has 1 heterocycles. The van der Waals surface area contributed by atoms with Gasteiger partial charge < -0.3 is 29.2 Å². The lowest BCUT2D eigenvalue weighted by atomic mass is 10.2. The zero-order valence-electron chi connectivity index (χ0n) is 16.9. The van der Waals surface area contributed by atoms with Gasteiger partial charge in [-0.25, -0.2) is 0 Å². The molecule has 8 heteroatoms. The molecular weight excluding hydrogens is 400 g/mol. The summed E-state index contributed by atoms with van der Waals surface area (Å²) in [6.45, 7) is 0.110. The molecule has 8 nitrogen and oxygen atoms in total. The van der Waals surface area contributed by atoms with E-state index in [9.17, 15) is 10.2 Å². The van der Waals surface area contributed by atoms with Crippen LogP contribution in [0.3, 0.4) is 0 Å². The van der Waals surface area contributed by atoms with E-state index in [-0.39, 0.29) is 18.3 Å². The molecule has 0 atom stereocenters. The Kier molecular flexibility index (Phi) is 5.61. The van der Waals surface area contributed by atoms with E-state index >= 15 is 0 Å². The lowest BCUT2D eigenvalue weighted by Gasteiger charge is -2.07. The van der Waals surface area contributed by atoms with Gasteiger partial charge in [0.1, 0.15) is 0 Å². The van der Waals surface area contributed by atoms with Crippen LogP contribution in [-0.2, 0) is 0 Å². The van der Waals surface area contributed by atoms with E-state index in [4.69, 9.17) is 18.9 Å². The largest absolute Gasteiger partial charge is 0.504 e. The van der Waals surface area contributed by atoms with Crippen molar-refractivity contribution < 1.29 is 29.2 Å². The lowest BCUT2D eigenvalue weighted by molar-refractivity contribution is 0.174. The van der Waals surface area contributed by atoms with Crippen molar-refractivity contribution in [1.82, 2.24) is 0 Å². The number of ether oxygens (including phenoxy) is 4. The Morgan fingerprint density at radius 2 is 1.23 bits per heavy atom. The molecule has 31 heavy (non-hydrogen) atoms. The van der Waals surface area contributed by atoms with Gasteiger partial charge in [-0.3, -0.25) is 9.98 Å². The molecule has 0 aliphatic carbocycles. The van der Waals surface area contributed by atoms with Gasteiger partial charge in [0.15, 0.2) is 34.5 Å². The molecule has 0 amide bonds. The van der Waals surface area contributed by atoms with Crippen LogP contribution in [0.25, 0.3) is 0 Å². The van der Waals surface area contributed by atoms with E-state index in [0.717, 1.165) is 0 Å². The molecule has 3 aromatic rings. The average Bonchev–Trinajstić information content (AvgIpc) is 3.24. The maximum Gasteiger partial charge on any atom is 0.231 e. The fraction of sp³-hybridized carbons (Fsp3) is 0.130. The van der Waals surface area contributed by atoms with E-state index in [1.807, 2.05) is 0 Å². The van der Waals surface area contributed by atoms with E-state index in [0.29, 0.717) is 45.5 Å². The number of benzene rings is 3. The fourth-order valence-electron chi connectivity index (χ4n) is 3.02. The van der Waals surface area contributed by atoms with E-state index in [2.05, 4.69) is 9.98 Å². The molecule has 0 spiro atoms. The molecule has 0 saturated carbocycles. The van der Waals surface area contributed by atoms with Crippen molar-refractivity contribution in [2.45, 2.75) is 0 Å². The quantitative estimate of drug-likeness (QED) is 0.575. The number of fused-ring (bicyclic) bond motifs is 1. The summed E-state index contributed by atoms with van der Waals surface area (Å²) >= 11 is 0. The summed E-state index contributed by atoms with van der Waals surface area (Å²) in [5.41, 5.74) is 1.95. The first kappa shape index (κ1) is 20.1. The predicted octanol–water partition coefficient (Wildman–Crippen LogP) is 4.34. The molecule has 2 N–H and O–H groups in total. The van der Waals surface area contributed by atoms with E-state index in [1.165, 1.54) is 26.6 Å². The van der Waals surface area contributed by atoms with E-state index in [1.54, 1.807) is 48.5 Å². The third-order valence-corrected chi connectivity index (χ3v) is 4.66. The Hall–Kier alpha value is -4.20. The van der Waals surface area contributed by atoms with Crippen LogP contribution in [0.5, 0.6) is 34.5 Å². The molecule has 0 unspecified atom stereocenters. The molecule has 1 aliphatic rings. The molecule has 0 aromatic heterocycles. The molecule has 0 bridgehead atoms. The Bertz CT molecular complexity index is 1080. The Morgan fingerprint density at radius 1 is 0.774 bits per heavy atom. The SMILES string of the molecule is COc1cccc(/C=N/c2cc3c(cc2/N=C/c2cccc(OC)c2O)OCO3)c1O. The van der Waals surface area contributed by atoms with Crippen molar-refractivity contribution in [3.8, 4) is 34.5 Å². The number of phenolic OH excluding ortho intramolecular Hbond substituents is 2. The molecule has 3 aromatic carbocycles. The topological polar surface area (TPSA) is 102 Å². The predicted molar refractivity (Wildman–Crippen MR) is 116 cm³/mol. The molecule has 0 fully saturated rings. The van der Waals surface area contributed by atoms with Gasteiger partial charge in [0.2, 0.25) is 6.79 Å². The summed E-state index contributed by atoms with van der Waals surface area (Å²) in [5.74, 6) is 1.76. The zero-order chi connectivity index (χ0) is 21.8. The minimum atomic E-state index is -0.0131. The van der Waals surface area contributed by atoms with Gasteiger partial charge in [-0.05, 0) is 24.3 Å². The van der Waals surface area contributed by atoms with Crippen molar-refractivity contribution in [2.75, 3.05) is 21.0 Å². The van der Waals surface area contributed by atoms with Gasteiger partial charge >= 0.3 is 0 Å². The van der Waals surface area contributed by atoms with Gasteiger partial charge in [-0.15, -0.1) is 0 Å². The Balaban J connectivity index is 1.72. The first-order valence-electron chi connectivity index (χ1n) is 9.34. The summed E-state index contributed by atoms with van der Waals surface area (Å²) in [5, 5.41) is 20.6. The lowest BCUT2D eigenvalue weighted by Crippen LogP contribution is -1.92. The van der Waals surface area contributed by atoms with Crippen LogP contribution in [0.15, 0.2) is 58.5 Å². The fourth-order valence-corrected chi connectivity index (χ4v) is 3.02. The van der Waals surface area contributed by atoms with Gasteiger partial charge in [0.25, 0.3) is 0 Å². The number of aromatic hydroxyl groups is 2. The second kappa shape index (κ2) is 8.66. The summed E-state index contributed by atoms with van der Waals surface area (Å²) in [6, 6.07) is 13.7. The average molecular weight is 420 g/mol. The molecular formula is C23H20N2O6. The van der Waals surface area contributed by atoms with Gasteiger partial charge in [0, 0.05) is 35.7 Å². The summed E-state index contributed by atoms with van der Waals surface area (Å²) in [7, 11) is 2.96. The Morgan fingerprint density at radius 3 is 1.65 bits per heavy atom. The van der Waals surface area contributed by atoms with Crippen LogP contribution in [0.1, 0.15) is 11.1 Å². The van der Waals surface area contributed by atoms with Gasteiger partial charge in [-0.1, -0.05) is 12.1 Å². The van der Waals surface area contributed by atoms with E-state index < -0.39 is 0 Å². The highest BCUT2D eigenvalue weighted by Crippen LogP contribution is 2.42. The first-order valence-corrected chi connectivity index (χ1v) is 9.34. The van der Waals surface area contributed by atoms with Crippen LogP contribution in [0.2, 0.25) is 0 Å². The highest BCUT2D eigenvalue weighted by Gasteiger charge is 2.17. The molecule has 0 radical (unpaired) electrons. The van der Waals surface area contributed by atoms with Crippen molar-refractivity contribution in [2.24, 2.45) is 9.98 Å². The second-order valence-corrected chi connectivity index (χ2v) is 6.51. The zero-order valence-corrected chi connectivity index (χ0v) is 16.9. The first-order chi connectivity index (χ1) is 15.1. The number of nitrogens with zero attached hydrogens (tertiary/aromatic N) is 2. The van der Waals surface area contributed by atoms with Crippen molar-refractivity contribution in [1.29, 1.82) is 0 Å². The standard InChI is InChI=1S/C23H20N2O6/c1-28-18-7-3-5-14(22(18)26)11-24-16-9-20-21(31-13-30-20)10-17(16)25-12-15-6-4-8-19(29-2)23(15)27/h3-12,26-27H,13H2,1-2H3/b24-11+,25-12+. The van der Waals surface area contributed by atoms with Crippen LogP contribution in [0, 0.1) is 0 Å². The normalized spacial score (nSPS) is 12.6. The highest BCUT2D eigenvalue weighted by molar-refractivity contribution is 5.91. The summed E-state index contributed by atoms with van der Waals surface area (Å²) in [6.07, 6.45) is 3.02. The van der Waals surface area contributed by atoms with Crippen LogP contribution in [-0.4, -0.2) is 43.7 Å². The van der Waals surface area contributed by atoms with Crippen LogP contribution >= 0.6 is 0 Å². The number of phenols is 2. The van der Waals surface area contributed by atoms with Gasteiger partial charge in [-0.2, -0.15) is 0 Å². The summed E-state index contributed by atoms with van der Waals surface area (Å²) < 4.78 is 21.2. The third-order valence-electron chi connectivity index (χ3n) is 4.66. The minimum Gasteiger partial charge on any atom is -0.504 e. The van der Waals surface area contributed by atoms with Crippen molar-refractivity contribution in [3.63, 3.8) is 0 Å². The Labute approximate surface area is 178 Å². The third kappa shape index (κ3) is 4.09. The minimum absolute atomic E-state index is 0.0131. The van der Waals surface area contributed by atoms with Crippen LogP contribution < -0.4 is 18.9 Å². The second-order valence-electron chi connectivity index (χ2n) is 6.51. The van der Waals surface area contributed by atoms with Crippen molar-refractivity contribution in [3.05, 3.63) is 59.7 Å². The number of methoxy groups -OCH3 is 2. The number of hydrogen-bond acceptors (Lipinski definition) is 8. The number of para-hydroxylation sites is 2.